The maximum Gasteiger partial charge on any atom is 0.163 e. The fourth-order valence-corrected chi connectivity index (χ4v) is 3.20. The molecule has 1 aromatic rings. The number of Topliss-reactive ketones (excluding diaryl/α,β-unsaturated/α-hetero) is 1. The molecule has 2 aliphatic rings. The standard InChI is InChI=1S/C14H16FNO/c1-16-5-4-9-6-14(17)12-7-10(15)2-3-11(12)13(9)8-16/h2-3,7,9,13H,4-6,8H2,1H3/t9-,13-/m0/s1. The average Bonchev–Trinajstić information content (AvgIpc) is 2.30. The van der Waals surface area contributed by atoms with Gasteiger partial charge in [0.2, 0.25) is 0 Å². The Morgan fingerprint density at radius 1 is 1.41 bits per heavy atom. The number of carbonyl (C=O) groups excluding carboxylic acids is 1. The van der Waals surface area contributed by atoms with Gasteiger partial charge in [-0.25, -0.2) is 4.39 Å². The van der Waals surface area contributed by atoms with E-state index in [9.17, 15) is 9.18 Å². The van der Waals surface area contributed by atoms with Gasteiger partial charge in [0.25, 0.3) is 0 Å². The second kappa shape index (κ2) is 3.91. The number of hydrogen-bond donors (Lipinski definition) is 0. The van der Waals surface area contributed by atoms with Crippen LogP contribution in [-0.2, 0) is 0 Å². The number of ketones is 1. The van der Waals surface area contributed by atoms with Crippen molar-refractivity contribution in [1.82, 2.24) is 4.90 Å². The lowest BCUT2D eigenvalue weighted by Crippen LogP contribution is -2.40. The van der Waals surface area contributed by atoms with E-state index in [4.69, 9.17) is 0 Å². The SMILES string of the molecule is CN1CC[C@H]2CC(=O)c3cc(F)ccc3[C@H]2C1. The first-order valence-electron chi connectivity index (χ1n) is 6.16. The zero-order valence-electron chi connectivity index (χ0n) is 9.95. The van der Waals surface area contributed by atoms with E-state index in [1.54, 1.807) is 6.07 Å². The second-order valence-electron chi connectivity index (χ2n) is 5.28. The number of nitrogens with zero attached hydrogens (tertiary/aromatic N) is 1. The molecule has 2 nitrogen and oxygen atoms in total. The molecule has 17 heavy (non-hydrogen) atoms. The summed E-state index contributed by atoms with van der Waals surface area (Å²) in [6, 6.07) is 4.68. The number of likely N-dealkylation sites (N-methyl/N-ethyl adjacent to an activating group) is 1. The minimum atomic E-state index is -0.306. The first-order chi connectivity index (χ1) is 8.15. The van der Waals surface area contributed by atoms with E-state index >= 15 is 0 Å². The largest absolute Gasteiger partial charge is 0.306 e. The van der Waals surface area contributed by atoms with Gasteiger partial charge in [0.15, 0.2) is 5.78 Å². The van der Waals surface area contributed by atoms with Gasteiger partial charge in [-0.2, -0.15) is 0 Å². The zero-order chi connectivity index (χ0) is 12.0. The quantitative estimate of drug-likeness (QED) is 0.686. The third-order valence-electron chi connectivity index (χ3n) is 4.12. The van der Waals surface area contributed by atoms with Crippen molar-refractivity contribution in [1.29, 1.82) is 0 Å². The fraction of sp³-hybridized carbons (Fsp3) is 0.500. The van der Waals surface area contributed by atoms with Crippen molar-refractivity contribution >= 4 is 5.78 Å². The van der Waals surface area contributed by atoms with E-state index in [2.05, 4.69) is 11.9 Å². The molecule has 3 rings (SSSR count). The van der Waals surface area contributed by atoms with Crippen LogP contribution in [0.5, 0.6) is 0 Å². The van der Waals surface area contributed by atoms with Gasteiger partial charge in [0.1, 0.15) is 5.82 Å². The number of benzene rings is 1. The molecule has 0 amide bonds. The maximum absolute atomic E-state index is 13.2. The van der Waals surface area contributed by atoms with Crippen molar-refractivity contribution in [2.24, 2.45) is 5.92 Å². The molecule has 90 valence electrons. The van der Waals surface area contributed by atoms with Gasteiger partial charge in [-0.3, -0.25) is 4.79 Å². The lowest BCUT2D eigenvalue weighted by atomic mass is 9.71. The lowest BCUT2D eigenvalue weighted by molar-refractivity contribution is 0.0886. The Labute approximate surface area is 100 Å². The number of hydrogen-bond acceptors (Lipinski definition) is 2. The summed E-state index contributed by atoms with van der Waals surface area (Å²) in [7, 11) is 2.11. The van der Waals surface area contributed by atoms with Gasteiger partial charge in [0.05, 0.1) is 0 Å². The predicted octanol–water partition coefficient (Wildman–Crippen LogP) is 2.45. The Morgan fingerprint density at radius 2 is 2.24 bits per heavy atom. The van der Waals surface area contributed by atoms with Crippen molar-refractivity contribution in [3.05, 3.63) is 35.1 Å². The van der Waals surface area contributed by atoms with Crippen LogP contribution in [0.1, 0.15) is 34.7 Å². The number of piperidine rings is 1. The van der Waals surface area contributed by atoms with Crippen LogP contribution in [0.15, 0.2) is 18.2 Å². The summed E-state index contributed by atoms with van der Waals surface area (Å²) in [5.41, 5.74) is 1.67. The Balaban J connectivity index is 2.05. The molecular formula is C14H16FNO. The molecule has 0 saturated carbocycles. The minimum Gasteiger partial charge on any atom is -0.306 e. The van der Waals surface area contributed by atoms with Crippen molar-refractivity contribution in [3.63, 3.8) is 0 Å². The van der Waals surface area contributed by atoms with Crippen LogP contribution in [0, 0.1) is 11.7 Å². The van der Waals surface area contributed by atoms with Gasteiger partial charge in [-0.1, -0.05) is 6.07 Å². The summed E-state index contributed by atoms with van der Waals surface area (Å²) in [4.78, 5) is 14.3. The van der Waals surface area contributed by atoms with E-state index in [0.717, 1.165) is 25.1 Å². The van der Waals surface area contributed by atoms with Crippen LogP contribution in [0.2, 0.25) is 0 Å². The van der Waals surface area contributed by atoms with Crippen LogP contribution >= 0.6 is 0 Å². The molecule has 1 saturated heterocycles. The lowest BCUT2D eigenvalue weighted by Gasteiger charge is -2.40. The summed E-state index contributed by atoms with van der Waals surface area (Å²) >= 11 is 0. The average molecular weight is 233 g/mol. The normalized spacial score (nSPS) is 28.7. The number of fused-ring (bicyclic) bond motifs is 3. The van der Waals surface area contributed by atoms with Gasteiger partial charge in [0, 0.05) is 24.4 Å². The molecule has 3 heteroatoms. The van der Waals surface area contributed by atoms with E-state index in [1.807, 2.05) is 0 Å². The topological polar surface area (TPSA) is 20.3 Å². The summed E-state index contributed by atoms with van der Waals surface area (Å²) in [5.74, 6) is 0.670. The predicted molar refractivity (Wildman–Crippen MR) is 63.7 cm³/mol. The van der Waals surface area contributed by atoms with Gasteiger partial charge < -0.3 is 4.90 Å². The highest BCUT2D eigenvalue weighted by Gasteiger charge is 2.36. The highest BCUT2D eigenvalue weighted by molar-refractivity contribution is 5.99. The van der Waals surface area contributed by atoms with E-state index in [1.165, 1.54) is 12.1 Å². The van der Waals surface area contributed by atoms with E-state index in [-0.39, 0.29) is 11.6 Å². The number of halogens is 1. The Kier molecular flexibility index (Phi) is 2.51. The number of carbonyl (C=O) groups is 1. The molecule has 1 heterocycles. The third kappa shape index (κ3) is 1.78. The van der Waals surface area contributed by atoms with Crippen LogP contribution in [-0.4, -0.2) is 30.8 Å². The zero-order valence-corrected chi connectivity index (χ0v) is 9.95. The third-order valence-corrected chi connectivity index (χ3v) is 4.12. The molecule has 1 aromatic carbocycles. The molecular weight excluding hydrogens is 217 g/mol. The monoisotopic (exact) mass is 233 g/mol. The molecule has 1 aliphatic heterocycles. The summed E-state index contributed by atoms with van der Waals surface area (Å²) in [6.07, 6.45) is 1.67. The fourth-order valence-electron chi connectivity index (χ4n) is 3.20. The van der Waals surface area contributed by atoms with Crippen LogP contribution < -0.4 is 0 Å². The molecule has 0 aromatic heterocycles. The molecule has 0 radical (unpaired) electrons. The van der Waals surface area contributed by atoms with Gasteiger partial charge in [-0.15, -0.1) is 0 Å². The molecule has 0 spiro atoms. The summed E-state index contributed by atoms with van der Waals surface area (Å²) < 4.78 is 13.2. The number of likely N-dealkylation sites (tertiary alicyclic amines) is 1. The molecule has 0 bridgehead atoms. The van der Waals surface area contributed by atoms with Crippen molar-refractivity contribution in [3.8, 4) is 0 Å². The Morgan fingerprint density at radius 3 is 3.06 bits per heavy atom. The van der Waals surface area contributed by atoms with Gasteiger partial charge in [-0.05, 0) is 43.6 Å². The van der Waals surface area contributed by atoms with Crippen LogP contribution in [0.3, 0.4) is 0 Å². The van der Waals surface area contributed by atoms with Crippen LogP contribution in [0.4, 0.5) is 4.39 Å². The van der Waals surface area contributed by atoms with E-state index in [0.29, 0.717) is 23.8 Å². The van der Waals surface area contributed by atoms with Crippen molar-refractivity contribution in [2.45, 2.75) is 18.8 Å². The highest BCUT2D eigenvalue weighted by atomic mass is 19.1. The molecule has 1 aliphatic carbocycles. The van der Waals surface area contributed by atoms with Crippen molar-refractivity contribution < 1.29 is 9.18 Å². The first-order valence-corrected chi connectivity index (χ1v) is 6.16. The number of rotatable bonds is 0. The maximum atomic E-state index is 13.2. The summed E-state index contributed by atoms with van der Waals surface area (Å²) in [5, 5.41) is 0. The molecule has 0 unspecified atom stereocenters. The first kappa shape index (κ1) is 10.9. The molecule has 2 atom stereocenters. The molecule has 0 N–H and O–H groups in total. The Hall–Kier alpha value is -1.22. The second-order valence-corrected chi connectivity index (χ2v) is 5.28. The highest BCUT2D eigenvalue weighted by Crippen LogP contribution is 2.40. The van der Waals surface area contributed by atoms with Gasteiger partial charge >= 0.3 is 0 Å². The smallest absolute Gasteiger partial charge is 0.163 e. The van der Waals surface area contributed by atoms with Crippen molar-refractivity contribution in [2.75, 3.05) is 20.1 Å². The Bertz CT molecular complexity index is 471. The van der Waals surface area contributed by atoms with Crippen LogP contribution in [0.25, 0.3) is 0 Å². The van der Waals surface area contributed by atoms with E-state index < -0.39 is 0 Å². The molecule has 1 fully saturated rings. The summed E-state index contributed by atoms with van der Waals surface area (Å²) in [6.45, 7) is 2.04. The minimum absolute atomic E-state index is 0.116.